The quantitative estimate of drug-likeness (QED) is 0.104. The Kier molecular flexibility index (Phi) is 9.46. The van der Waals surface area contributed by atoms with Gasteiger partial charge in [0, 0.05) is 36.9 Å². The lowest BCUT2D eigenvalue weighted by atomic mass is 10.0. The first-order valence-corrected chi connectivity index (χ1v) is 23.7. The predicted molar refractivity (Wildman–Crippen MR) is 266 cm³/mol. The SMILES string of the molecule is c1ccc(-c2ccc3sc4ccc(N(c5ccc(-c6cccc([Si](c7ccccc7)(c7ccccc7)c7ccccc7)c6)cc5)c5cccc6ccccc56)cc4c3c2)cc1. The summed E-state index contributed by atoms with van der Waals surface area (Å²) in [6.45, 7) is 0. The Balaban J connectivity index is 1.05. The summed E-state index contributed by atoms with van der Waals surface area (Å²) in [6, 6.07) is 91.9. The summed E-state index contributed by atoms with van der Waals surface area (Å²) in [5.41, 5.74) is 8.26. The summed E-state index contributed by atoms with van der Waals surface area (Å²) in [5, 5.41) is 10.5. The van der Waals surface area contributed by atoms with Gasteiger partial charge in [-0.15, -0.1) is 11.3 Å². The first-order valence-electron chi connectivity index (χ1n) is 20.9. The van der Waals surface area contributed by atoms with Crippen molar-refractivity contribution in [3.63, 3.8) is 0 Å². The standard InChI is InChI=1S/C58H41NSSi/c1-5-17-42(18-6-1)46-33-37-57-54(40-46)55-41-48(36-38-58(55)60-57)59(56-30-16-20-44-19-13-14-29-53(44)56)47-34-31-43(32-35-47)45-21-15-28-52(39-45)61(49-22-7-2-8-23-49,50-24-9-3-10-25-50)51-26-11-4-12-27-51/h1-41H. The molecule has 1 heterocycles. The minimum absolute atomic E-state index is 1.11. The maximum absolute atomic E-state index is 2.67. The molecule has 0 spiro atoms. The van der Waals surface area contributed by atoms with E-state index < -0.39 is 8.07 Å². The second-order valence-electron chi connectivity index (χ2n) is 15.7. The van der Waals surface area contributed by atoms with Gasteiger partial charge in [0.15, 0.2) is 8.07 Å². The molecule has 3 heteroatoms. The molecule has 0 saturated heterocycles. The van der Waals surface area contributed by atoms with E-state index in [1.165, 1.54) is 73.9 Å². The van der Waals surface area contributed by atoms with Gasteiger partial charge in [-0.2, -0.15) is 0 Å². The monoisotopic (exact) mass is 811 g/mol. The molecule has 0 saturated carbocycles. The smallest absolute Gasteiger partial charge is 0.179 e. The van der Waals surface area contributed by atoms with Crippen molar-refractivity contribution in [3.8, 4) is 22.3 Å². The average Bonchev–Trinajstić information content (AvgIpc) is 3.71. The number of benzene rings is 10. The van der Waals surface area contributed by atoms with Crippen LogP contribution in [0.2, 0.25) is 0 Å². The molecule has 0 atom stereocenters. The molecule has 1 nitrogen and oxygen atoms in total. The van der Waals surface area contributed by atoms with E-state index >= 15 is 0 Å². The molecular weight excluding hydrogens is 771 g/mol. The third kappa shape index (κ3) is 6.56. The van der Waals surface area contributed by atoms with E-state index in [-0.39, 0.29) is 0 Å². The Hall–Kier alpha value is -7.30. The largest absolute Gasteiger partial charge is 0.310 e. The fourth-order valence-corrected chi connectivity index (χ4v) is 15.2. The van der Waals surface area contributed by atoms with Gasteiger partial charge >= 0.3 is 0 Å². The van der Waals surface area contributed by atoms with Crippen molar-refractivity contribution in [1.29, 1.82) is 0 Å². The Bertz CT molecular complexity index is 3190. The molecule has 0 N–H and O–H groups in total. The molecule has 0 fully saturated rings. The van der Waals surface area contributed by atoms with Gasteiger partial charge in [0.05, 0.1) is 5.69 Å². The Labute approximate surface area is 362 Å². The molecule has 0 unspecified atom stereocenters. The van der Waals surface area contributed by atoms with Crippen LogP contribution >= 0.6 is 11.3 Å². The fraction of sp³-hybridized carbons (Fsp3) is 0. The Morgan fingerprint density at radius 2 is 0.754 bits per heavy atom. The van der Waals surface area contributed by atoms with Gasteiger partial charge in [0.1, 0.15) is 0 Å². The first-order chi connectivity index (χ1) is 30.2. The van der Waals surface area contributed by atoms with Crippen LogP contribution in [-0.4, -0.2) is 8.07 Å². The first kappa shape index (κ1) is 36.8. The van der Waals surface area contributed by atoms with Crippen molar-refractivity contribution in [2.24, 2.45) is 0 Å². The molecule has 11 aromatic rings. The highest BCUT2D eigenvalue weighted by Crippen LogP contribution is 2.43. The van der Waals surface area contributed by atoms with Crippen molar-refractivity contribution < 1.29 is 0 Å². The highest BCUT2D eigenvalue weighted by Gasteiger charge is 2.41. The minimum Gasteiger partial charge on any atom is -0.310 e. The zero-order chi connectivity index (χ0) is 40.6. The minimum atomic E-state index is -2.67. The Morgan fingerprint density at radius 3 is 1.43 bits per heavy atom. The van der Waals surface area contributed by atoms with Crippen LogP contribution in [-0.2, 0) is 0 Å². The molecule has 61 heavy (non-hydrogen) atoms. The van der Waals surface area contributed by atoms with Crippen LogP contribution in [0.15, 0.2) is 249 Å². The number of fused-ring (bicyclic) bond motifs is 4. The number of hydrogen-bond acceptors (Lipinski definition) is 2. The highest BCUT2D eigenvalue weighted by atomic mass is 32.1. The molecule has 0 aliphatic carbocycles. The molecule has 1 aromatic heterocycles. The van der Waals surface area contributed by atoms with E-state index in [9.17, 15) is 0 Å². The summed E-state index contributed by atoms with van der Waals surface area (Å²) >= 11 is 1.86. The van der Waals surface area contributed by atoms with E-state index in [1.807, 2.05) is 11.3 Å². The second kappa shape index (κ2) is 15.7. The van der Waals surface area contributed by atoms with Crippen molar-refractivity contribution in [3.05, 3.63) is 249 Å². The molecular formula is C58H41NSSi. The number of nitrogens with zero attached hydrogens (tertiary/aromatic N) is 1. The predicted octanol–water partition coefficient (Wildman–Crippen LogP) is 13.4. The molecule has 0 aliphatic rings. The van der Waals surface area contributed by atoms with Gasteiger partial charge in [0.25, 0.3) is 0 Å². The zero-order valence-corrected chi connectivity index (χ0v) is 35.3. The van der Waals surface area contributed by atoms with Crippen LogP contribution in [0.3, 0.4) is 0 Å². The molecule has 10 aromatic carbocycles. The maximum Gasteiger partial charge on any atom is 0.179 e. The summed E-state index contributed by atoms with van der Waals surface area (Å²) in [7, 11) is -2.67. The summed E-state index contributed by atoms with van der Waals surface area (Å²) in [4.78, 5) is 2.44. The van der Waals surface area contributed by atoms with Gasteiger partial charge in [-0.25, -0.2) is 0 Å². The molecule has 0 bridgehead atoms. The van der Waals surface area contributed by atoms with Gasteiger partial charge in [-0.3, -0.25) is 0 Å². The normalized spacial score (nSPS) is 11.6. The van der Waals surface area contributed by atoms with Gasteiger partial charge in [-0.1, -0.05) is 200 Å². The van der Waals surface area contributed by atoms with E-state index in [0.717, 1.165) is 17.1 Å². The van der Waals surface area contributed by atoms with E-state index in [2.05, 4.69) is 254 Å². The van der Waals surface area contributed by atoms with Crippen LogP contribution in [0.25, 0.3) is 53.2 Å². The lowest BCUT2D eigenvalue weighted by Gasteiger charge is -2.34. The summed E-state index contributed by atoms with van der Waals surface area (Å²) < 4.78 is 2.59. The van der Waals surface area contributed by atoms with Crippen LogP contribution in [0.1, 0.15) is 0 Å². The third-order valence-corrected chi connectivity index (χ3v) is 18.1. The van der Waals surface area contributed by atoms with E-state index in [4.69, 9.17) is 0 Å². The van der Waals surface area contributed by atoms with Crippen molar-refractivity contribution >= 4 is 88.2 Å². The van der Waals surface area contributed by atoms with Crippen LogP contribution in [0, 0.1) is 0 Å². The average molecular weight is 812 g/mol. The lowest BCUT2D eigenvalue weighted by Crippen LogP contribution is -2.74. The topological polar surface area (TPSA) is 3.24 Å². The fourth-order valence-electron chi connectivity index (χ4n) is 9.34. The number of thiophene rings is 1. The lowest BCUT2D eigenvalue weighted by molar-refractivity contribution is 1.30. The van der Waals surface area contributed by atoms with Crippen LogP contribution < -0.4 is 25.6 Å². The molecule has 0 aliphatic heterocycles. The van der Waals surface area contributed by atoms with Crippen LogP contribution in [0.5, 0.6) is 0 Å². The van der Waals surface area contributed by atoms with Gasteiger partial charge < -0.3 is 4.90 Å². The number of rotatable bonds is 9. The molecule has 11 rings (SSSR count). The molecule has 0 amide bonds. The van der Waals surface area contributed by atoms with Gasteiger partial charge in [-0.05, 0) is 96.9 Å². The summed E-state index contributed by atoms with van der Waals surface area (Å²) in [5.74, 6) is 0. The second-order valence-corrected chi connectivity index (χ2v) is 20.6. The van der Waals surface area contributed by atoms with Gasteiger partial charge in [0.2, 0.25) is 0 Å². The maximum atomic E-state index is 2.45. The van der Waals surface area contributed by atoms with Crippen molar-refractivity contribution in [1.82, 2.24) is 0 Å². The third-order valence-electron chi connectivity index (χ3n) is 12.2. The van der Waals surface area contributed by atoms with Crippen molar-refractivity contribution in [2.45, 2.75) is 0 Å². The van der Waals surface area contributed by atoms with E-state index in [0.29, 0.717) is 0 Å². The van der Waals surface area contributed by atoms with E-state index in [1.54, 1.807) is 0 Å². The summed E-state index contributed by atoms with van der Waals surface area (Å²) in [6.07, 6.45) is 0. The van der Waals surface area contributed by atoms with Crippen LogP contribution in [0.4, 0.5) is 17.1 Å². The molecule has 288 valence electrons. The number of hydrogen-bond donors (Lipinski definition) is 0. The number of anilines is 3. The van der Waals surface area contributed by atoms with Crippen molar-refractivity contribution in [2.75, 3.05) is 4.90 Å². The Morgan fingerprint density at radius 1 is 0.295 bits per heavy atom. The molecule has 0 radical (unpaired) electrons. The zero-order valence-electron chi connectivity index (χ0n) is 33.5. The highest BCUT2D eigenvalue weighted by molar-refractivity contribution is 7.25.